The van der Waals surface area contributed by atoms with Crippen molar-refractivity contribution >= 4 is 0 Å². The minimum atomic E-state index is 1.19. The number of hydrogen-bond acceptors (Lipinski definition) is 1. The minimum Gasteiger partial charge on any atom is -0.504 e. The van der Waals surface area contributed by atoms with Gasteiger partial charge < -0.3 is 4.74 Å². The van der Waals surface area contributed by atoms with Gasteiger partial charge in [0.2, 0.25) is 0 Å². The van der Waals surface area contributed by atoms with Crippen LogP contribution in [0.15, 0.2) is 24.5 Å². The van der Waals surface area contributed by atoms with E-state index in [2.05, 4.69) is 19.1 Å². The standard InChI is InChI=1S/C13H24O/c1-3-4-5-6-7-8-9-10-11-12-13-14-2/h10-13H,3-9H2,1-2H3/b11-10?,13-12+. The predicted molar refractivity (Wildman–Crippen MR) is 63.3 cm³/mol. The van der Waals surface area contributed by atoms with Gasteiger partial charge in [-0.3, -0.25) is 0 Å². The van der Waals surface area contributed by atoms with E-state index in [-0.39, 0.29) is 0 Å². The second-order valence-electron chi connectivity index (χ2n) is 3.55. The second kappa shape index (κ2) is 12.3. The zero-order valence-electron chi connectivity index (χ0n) is 9.67. The fraction of sp³-hybridized carbons (Fsp3) is 0.692. The van der Waals surface area contributed by atoms with Gasteiger partial charge in [0.1, 0.15) is 0 Å². The third kappa shape index (κ3) is 11.3. The third-order valence-corrected chi connectivity index (χ3v) is 2.19. The van der Waals surface area contributed by atoms with Crippen LogP contribution in [0.25, 0.3) is 0 Å². The van der Waals surface area contributed by atoms with Gasteiger partial charge in [0.15, 0.2) is 0 Å². The molecule has 0 aliphatic heterocycles. The Balaban J connectivity index is 3.05. The molecule has 0 fully saturated rings. The van der Waals surface area contributed by atoms with Gasteiger partial charge in [0.05, 0.1) is 13.4 Å². The molecule has 14 heavy (non-hydrogen) atoms. The Kier molecular flexibility index (Phi) is 11.6. The minimum absolute atomic E-state index is 1.19. The summed E-state index contributed by atoms with van der Waals surface area (Å²) in [5.41, 5.74) is 0. The maximum absolute atomic E-state index is 4.78. The van der Waals surface area contributed by atoms with Crippen LogP contribution >= 0.6 is 0 Å². The summed E-state index contributed by atoms with van der Waals surface area (Å²) in [6.45, 7) is 2.25. The molecule has 0 aromatic carbocycles. The highest BCUT2D eigenvalue weighted by atomic mass is 16.5. The lowest BCUT2D eigenvalue weighted by molar-refractivity contribution is 0.338. The molecule has 0 rings (SSSR count). The smallest absolute Gasteiger partial charge is 0.0824 e. The van der Waals surface area contributed by atoms with Crippen molar-refractivity contribution in [1.82, 2.24) is 0 Å². The van der Waals surface area contributed by atoms with E-state index in [9.17, 15) is 0 Å². The summed E-state index contributed by atoms with van der Waals surface area (Å²) in [6, 6.07) is 0. The zero-order chi connectivity index (χ0) is 10.5. The molecule has 0 aliphatic rings. The molecule has 0 aromatic heterocycles. The van der Waals surface area contributed by atoms with Crippen molar-refractivity contribution < 1.29 is 4.74 Å². The summed E-state index contributed by atoms with van der Waals surface area (Å²) in [7, 11) is 1.66. The Morgan fingerprint density at radius 1 is 0.929 bits per heavy atom. The number of unbranched alkanes of at least 4 members (excludes halogenated alkanes) is 6. The first kappa shape index (κ1) is 13.3. The summed E-state index contributed by atoms with van der Waals surface area (Å²) in [6.07, 6.45) is 17.3. The Morgan fingerprint density at radius 3 is 2.36 bits per heavy atom. The summed E-state index contributed by atoms with van der Waals surface area (Å²) < 4.78 is 4.78. The average molecular weight is 196 g/mol. The van der Waals surface area contributed by atoms with Crippen LogP contribution in [0.4, 0.5) is 0 Å². The Labute approximate surface area is 88.9 Å². The number of hydrogen-bond donors (Lipinski definition) is 0. The summed E-state index contributed by atoms with van der Waals surface area (Å²) in [4.78, 5) is 0. The van der Waals surface area contributed by atoms with Crippen molar-refractivity contribution in [3.63, 3.8) is 0 Å². The van der Waals surface area contributed by atoms with Gasteiger partial charge in [-0.15, -0.1) is 0 Å². The quantitative estimate of drug-likeness (QED) is 0.301. The van der Waals surface area contributed by atoms with Gasteiger partial charge in [0.25, 0.3) is 0 Å². The van der Waals surface area contributed by atoms with Gasteiger partial charge in [-0.1, -0.05) is 51.2 Å². The molecule has 0 atom stereocenters. The van der Waals surface area contributed by atoms with Crippen LogP contribution in [-0.4, -0.2) is 7.11 Å². The fourth-order valence-electron chi connectivity index (χ4n) is 1.34. The van der Waals surface area contributed by atoms with E-state index in [0.29, 0.717) is 0 Å². The van der Waals surface area contributed by atoms with E-state index >= 15 is 0 Å². The van der Waals surface area contributed by atoms with Crippen LogP contribution in [0.2, 0.25) is 0 Å². The van der Waals surface area contributed by atoms with Gasteiger partial charge in [-0.2, -0.15) is 0 Å². The van der Waals surface area contributed by atoms with Crippen LogP contribution in [0.1, 0.15) is 51.9 Å². The zero-order valence-corrected chi connectivity index (χ0v) is 9.67. The molecule has 1 nitrogen and oxygen atoms in total. The van der Waals surface area contributed by atoms with Gasteiger partial charge >= 0.3 is 0 Å². The molecule has 82 valence electrons. The molecule has 0 saturated heterocycles. The van der Waals surface area contributed by atoms with E-state index in [4.69, 9.17) is 4.74 Å². The molecule has 0 unspecified atom stereocenters. The molecule has 1 heteroatoms. The molecule has 0 heterocycles. The highest BCUT2D eigenvalue weighted by molar-refractivity contribution is 4.99. The summed E-state index contributed by atoms with van der Waals surface area (Å²) in [5, 5.41) is 0. The first-order valence-electron chi connectivity index (χ1n) is 5.76. The Hall–Kier alpha value is -0.720. The molecular weight excluding hydrogens is 172 g/mol. The topological polar surface area (TPSA) is 9.23 Å². The van der Waals surface area contributed by atoms with Crippen molar-refractivity contribution in [2.24, 2.45) is 0 Å². The number of allylic oxidation sites excluding steroid dienone is 3. The van der Waals surface area contributed by atoms with Crippen LogP contribution < -0.4 is 0 Å². The van der Waals surface area contributed by atoms with E-state index in [1.54, 1.807) is 13.4 Å². The molecule has 0 aliphatic carbocycles. The lowest BCUT2D eigenvalue weighted by atomic mass is 10.1. The van der Waals surface area contributed by atoms with Gasteiger partial charge in [-0.25, -0.2) is 0 Å². The largest absolute Gasteiger partial charge is 0.504 e. The normalized spacial score (nSPS) is 11.6. The Bertz CT molecular complexity index is 147. The van der Waals surface area contributed by atoms with Crippen molar-refractivity contribution in [2.45, 2.75) is 51.9 Å². The van der Waals surface area contributed by atoms with Gasteiger partial charge in [0, 0.05) is 0 Å². The highest BCUT2D eigenvalue weighted by Gasteiger charge is 1.87. The summed E-state index contributed by atoms with van der Waals surface area (Å²) in [5.74, 6) is 0. The number of ether oxygens (including phenoxy) is 1. The van der Waals surface area contributed by atoms with Crippen LogP contribution in [0, 0.1) is 0 Å². The molecule has 0 radical (unpaired) electrons. The molecule has 0 saturated carbocycles. The molecule has 0 spiro atoms. The van der Waals surface area contributed by atoms with Crippen LogP contribution in [0.5, 0.6) is 0 Å². The number of methoxy groups -OCH3 is 1. The van der Waals surface area contributed by atoms with Crippen molar-refractivity contribution in [3.8, 4) is 0 Å². The lowest BCUT2D eigenvalue weighted by Crippen LogP contribution is -1.77. The van der Waals surface area contributed by atoms with Crippen molar-refractivity contribution in [1.29, 1.82) is 0 Å². The average Bonchev–Trinajstić information content (AvgIpc) is 2.21. The van der Waals surface area contributed by atoms with E-state index in [1.807, 2.05) is 6.08 Å². The van der Waals surface area contributed by atoms with E-state index in [0.717, 1.165) is 0 Å². The first-order valence-corrected chi connectivity index (χ1v) is 5.76. The molecular formula is C13H24O. The SMILES string of the molecule is CCCCCCCCC=C/C=C/OC. The second-order valence-corrected chi connectivity index (χ2v) is 3.55. The molecule has 0 amide bonds. The first-order chi connectivity index (χ1) is 6.91. The molecule has 0 aromatic rings. The Morgan fingerprint density at radius 2 is 1.64 bits per heavy atom. The van der Waals surface area contributed by atoms with Crippen molar-refractivity contribution in [3.05, 3.63) is 24.5 Å². The molecule has 0 bridgehead atoms. The van der Waals surface area contributed by atoms with Crippen molar-refractivity contribution in [2.75, 3.05) is 7.11 Å². The fourth-order valence-corrected chi connectivity index (χ4v) is 1.34. The monoisotopic (exact) mass is 196 g/mol. The van der Waals surface area contributed by atoms with E-state index < -0.39 is 0 Å². The highest BCUT2D eigenvalue weighted by Crippen LogP contribution is 2.06. The van der Waals surface area contributed by atoms with Crippen LogP contribution in [0.3, 0.4) is 0 Å². The lowest BCUT2D eigenvalue weighted by Gasteiger charge is -1.97. The van der Waals surface area contributed by atoms with Gasteiger partial charge in [-0.05, 0) is 18.9 Å². The third-order valence-electron chi connectivity index (χ3n) is 2.19. The molecule has 0 N–H and O–H groups in total. The van der Waals surface area contributed by atoms with Crippen LogP contribution in [-0.2, 0) is 4.74 Å². The maximum Gasteiger partial charge on any atom is 0.0824 e. The maximum atomic E-state index is 4.78. The summed E-state index contributed by atoms with van der Waals surface area (Å²) >= 11 is 0. The predicted octanol–water partition coefficient (Wildman–Crippen LogP) is 4.45. The van der Waals surface area contributed by atoms with E-state index in [1.165, 1.54) is 44.9 Å². The number of rotatable bonds is 9.